The van der Waals surface area contributed by atoms with Gasteiger partial charge in [0.25, 0.3) is 0 Å². The van der Waals surface area contributed by atoms with Crippen molar-refractivity contribution in [2.75, 3.05) is 23.8 Å². The number of aliphatic imine (C=N–C) groups is 1. The van der Waals surface area contributed by atoms with Crippen LogP contribution in [0.2, 0.25) is 0 Å². The molecule has 2 aliphatic heterocycles. The predicted molar refractivity (Wildman–Crippen MR) is 250 cm³/mol. The van der Waals surface area contributed by atoms with Gasteiger partial charge in [0.05, 0.1) is 23.4 Å². The SMILES string of the molecule is CCO.[C-]#[N+]c1c(N2CCCC2=O)[n-]c(/C=C2\N=C(NC(=O)CCCSc3cc(C(=O)O)cc(C(=O)O)c3)C(C(=O)OC3C(C)CC(C)CC3C)=C2c2ccccc2)c1-c1ccccc1.[Zn]. The fourth-order valence-corrected chi connectivity index (χ4v) is 9.62. The van der Waals surface area contributed by atoms with Gasteiger partial charge in [0.15, 0.2) is 5.69 Å². The Balaban J connectivity index is 0.00000199. The molecule has 0 spiro atoms. The van der Waals surface area contributed by atoms with Crippen molar-refractivity contribution in [1.82, 2.24) is 10.3 Å². The normalized spacial score (nSPS) is 19.6. The van der Waals surface area contributed by atoms with Gasteiger partial charge in [0.2, 0.25) is 5.91 Å². The van der Waals surface area contributed by atoms with Gasteiger partial charge >= 0.3 is 17.9 Å². The summed E-state index contributed by atoms with van der Waals surface area (Å²) in [5, 5.41) is 29.4. The van der Waals surface area contributed by atoms with Crippen molar-refractivity contribution in [3.05, 3.63) is 124 Å². The van der Waals surface area contributed by atoms with Gasteiger partial charge in [-0.25, -0.2) is 24.2 Å². The van der Waals surface area contributed by atoms with E-state index in [1.54, 1.807) is 17.9 Å². The van der Waals surface area contributed by atoms with Crippen molar-refractivity contribution >= 4 is 70.5 Å². The van der Waals surface area contributed by atoms with Crippen molar-refractivity contribution in [1.29, 1.82) is 0 Å². The van der Waals surface area contributed by atoms with Crippen LogP contribution in [0.25, 0.3) is 27.6 Å². The van der Waals surface area contributed by atoms with Gasteiger partial charge in [-0.05, 0) is 109 Å². The fraction of sp³-hybridized carbons (Fsp3) is 0.340. The Hall–Kier alpha value is -6.14. The number of ether oxygens (including phenoxy) is 1. The monoisotopic (exact) mass is 962 g/mol. The Morgan fingerprint density at radius 1 is 0.955 bits per heavy atom. The molecule has 66 heavy (non-hydrogen) atoms. The maximum Gasteiger partial charge on any atom is 0.342 e. The maximum atomic E-state index is 14.7. The Morgan fingerprint density at radius 3 is 2.09 bits per heavy atom. The molecular formula is C50H52N5O9SZn-. The number of carboxylic acid groups (broad SMARTS) is 2. The van der Waals surface area contributed by atoms with Crippen LogP contribution in [0.3, 0.4) is 0 Å². The summed E-state index contributed by atoms with van der Waals surface area (Å²) >= 11 is 1.22. The second-order valence-electron chi connectivity index (χ2n) is 16.4. The molecule has 4 N–H and O–H groups in total. The van der Waals surface area contributed by atoms with Crippen LogP contribution in [0.4, 0.5) is 11.5 Å². The first-order valence-corrected chi connectivity index (χ1v) is 22.6. The molecule has 340 valence electrons. The van der Waals surface area contributed by atoms with Gasteiger partial charge in [-0.3, -0.25) is 9.59 Å². The molecule has 3 heterocycles. The smallest absolute Gasteiger partial charge is 0.342 e. The Labute approximate surface area is 401 Å². The fourth-order valence-electron chi connectivity index (χ4n) is 8.67. The summed E-state index contributed by atoms with van der Waals surface area (Å²) < 4.78 is 6.38. The second-order valence-corrected chi connectivity index (χ2v) is 17.5. The molecule has 3 aromatic carbocycles. The van der Waals surface area contributed by atoms with Crippen molar-refractivity contribution < 1.29 is 63.5 Å². The molecule has 0 radical (unpaired) electrons. The maximum absolute atomic E-state index is 14.7. The predicted octanol–water partition coefficient (Wildman–Crippen LogP) is 8.89. The standard InChI is InChI=1S/C48H47N5O8S.C2H6O.Zn/c1-27-21-28(2)43(29(3)22-27)61-48(60)41-39(30-13-7-5-8-14-30)35(26-36-40(31-15-9-6-10-16-31)42(49-4)45(51-36)53-19-11-18-38(53)55)50-44(41)52-37(54)17-12-20-62-34-24-32(46(56)57)23-33(25-34)47(58)59;1-2-3;/h5-10,13-16,23-29,43H,11-12,17-22H2,1-3H3,(H4,50,51,52,54,56,57,58,59,60);3H,2H2,1H3;/p-1. The summed E-state index contributed by atoms with van der Waals surface area (Å²) in [7, 11) is 0. The van der Waals surface area contributed by atoms with E-state index in [1.807, 2.05) is 60.7 Å². The molecule has 2 fully saturated rings. The number of hydrogen-bond acceptors (Lipinski definition) is 9. The number of carbonyl (C=O) groups is 5. The third-order valence-corrected chi connectivity index (χ3v) is 12.4. The number of nitrogens with zero attached hydrogens (tertiary/aromatic N) is 4. The molecule has 2 amide bonds. The van der Waals surface area contributed by atoms with E-state index in [2.05, 4.69) is 30.9 Å². The van der Waals surface area contributed by atoms with E-state index in [0.717, 1.165) is 18.9 Å². The van der Waals surface area contributed by atoms with Crippen LogP contribution < -0.4 is 15.2 Å². The zero-order valence-corrected chi connectivity index (χ0v) is 41.2. The minimum Gasteiger partial charge on any atom is -0.478 e. The molecule has 2 unspecified atom stereocenters. The number of anilines is 1. The topological polar surface area (TPSA) is 201 Å². The molecule has 1 saturated heterocycles. The van der Waals surface area contributed by atoms with E-state index in [-0.39, 0.29) is 90.4 Å². The summed E-state index contributed by atoms with van der Waals surface area (Å²) in [5.74, 6) is -2.44. The quantitative estimate of drug-likeness (QED) is 0.0328. The zero-order chi connectivity index (χ0) is 46.8. The molecule has 0 bridgehead atoms. The van der Waals surface area contributed by atoms with Crippen molar-refractivity contribution in [2.24, 2.45) is 22.7 Å². The molecular weight excluding hydrogens is 912 g/mol. The molecule has 2 atom stereocenters. The largest absolute Gasteiger partial charge is 0.478 e. The van der Waals surface area contributed by atoms with Crippen LogP contribution in [-0.4, -0.2) is 75.9 Å². The summed E-state index contributed by atoms with van der Waals surface area (Å²) in [6.07, 6.45) is 4.40. The summed E-state index contributed by atoms with van der Waals surface area (Å²) in [4.78, 5) is 80.5. The van der Waals surface area contributed by atoms with Gasteiger partial charge in [0, 0.05) is 49.4 Å². The van der Waals surface area contributed by atoms with Crippen LogP contribution in [0.5, 0.6) is 0 Å². The first-order chi connectivity index (χ1) is 31.2. The minimum absolute atomic E-state index is 0. The third kappa shape index (κ3) is 12.0. The van der Waals surface area contributed by atoms with Crippen molar-refractivity contribution in [2.45, 2.75) is 77.2 Å². The van der Waals surface area contributed by atoms with Gasteiger partial charge in [-0.1, -0.05) is 87.3 Å². The van der Waals surface area contributed by atoms with E-state index < -0.39 is 23.8 Å². The summed E-state index contributed by atoms with van der Waals surface area (Å²) in [6, 6.07) is 22.4. The number of nitrogens with one attached hydrogen (secondary N) is 1. The number of allylic oxidation sites excluding steroid dienone is 1. The number of aliphatic hydroxyl groups excluding tert-OH is 1. The average Bonchev–Trinajstić information content (AvgIpc) is 3.98. The van der Waals surface area contributed by atoms with Crippen LogP contribution in [0.15, 0.2) is 100 Å². The van der Waals surface area contributed by atoms with Crippen LogP contribution in [0.1, 0.15) is 98.2 Å². The number of carboxylic acids is 2. The number of rotatable bonds is 13. The Morgan fingerprint density at radius 2 is 1.55 bits per heavy atom. The van der Waals surface area contributed by atoms with E-state index in [4.69, 9.17) is 26.4 Å². The van der Waals surface area contributed by atoms with Gasteiger partial charge in [-0.15, -0.1) is 11.8 Å². The molecule has 4 aromatic rings. The number of aliphatic hydroxyl groups is 1. The number of thioether (sulfide) groups is 1. The van der Waals surface area contributed by atoms with Gasteiger partial charge in [-0.2, -0.15) is 0 Å². The van der Waals surface area contributed by atoms with Crippen LogP contribution in [0, 0.1) is 24.3 Å². The number of aromatic carboxylic acids is 2. The molecule has 7 rings (SSSR count). The first-order valence-electron chi connectivity index (χ1n) is 21.6. The number of esters is 1. The molecule has 1 saturated carbocycles. The molecule has 1 aliphatic carbocycles. The van der Waals surface area contributed by atoms with Crippen molar-refractivity contribution in [3.8, 4) is 11.1 Å². The first kappa shape index (κ1) is 50.9. The third-order valence-electron chi connectivity index (χ3n) is 11.3. The molecule has 16 heteroatoms. The van der Waals surface area contributed by atoms with Gasteiger partial charge in [0.1, 0.15) is 23.4 Å². The number of amidine groups is 1. The van der Waals surface area contributed by atoms with E-state index in [0.29, 0.717) is 76.0 Å². The van der Waals surface area contributed by atoms with E-state index in [1.165, 1.54) is 23.9 Å². The molecule has 14 nitrogen and oxygen atoms in total. The zero-order valence-electron chi connectivity index (χ0n) is 37.5. The van der Waals surface area contributed by atoms with Gasteiger partial charge < -0.3 is 35.3 Å². The number of hydrogen-bond donors (Lipinski definition) is 4. The molecule has 3 aliphatic rings. The Bertz CT molecular complexity index is 2540. The average molecular weight is 964 g/mol. The number of carbonyl (C=O) groups excluding carboxylic acids is 3. The number of benzene rings is 3. The van der Waals surface area contributed by atoms with E-state index in [9.17, 15) is 34.2 Å². The summed E-state index contributed by atoms with van der Waals surface area (Å²) in [6.45, 7) is 17.0. The van der Waals surface area contributed by atoms with Crippen LogP contribution in [-0.2, 0) is 38.6 Å². The summed E-state index contributed by atoms with van der Waals surface area (Å²) in [5.41, 5.74) is 2.90. The molecule has 1 aromatic heterocycles. The number of amides is 2. The van der Waals surface area contributed by atoms with Crippen LogP contribution >= 0.6 is 11.8 Å². The number of aromatic nitrogens is 1. The second kappa shape index (κ2) is 23.4. The van der Waals surface area contributed by atoms with Crippen molar-refractivity contribution in [3.63, 3.8) is 0 Å². The minimum atomic E-state index is -1.25. The Kier molecular flexibility index (Phi) is 18.0. The van der Waals surface area contributed by atoms with E-state index >= 15 is 0 Å².